The molecule has 0 radical (unpaired) electrons. The van der Waals surface area contributed by atoms with Crippen molar-refractivity contribution in [3.8, 4) is 17.1 Å². The van der Waals surface area contributed by atoms with Crippen LogP contribution in [0, 0.1) is 0 Å². The van der Waals surface area contributed by atoms with E-state index in [0.717, 1.165) is 36.1 Å². The van der Waals surface area contributed by atoms with E-state index < -0.39 is 6.04 Å². The molecule has 3 heterocycles. The zero-order valence-corrected chi connectivity index (χ0v) is 18.8. The molecule has 10 heteroatoms. The van der Waals surface area contributed by atoms with E-state index in [0.29, 0.717) is 27.9 Å². The van der Waals surface area contributed by atoms with Gasteiger partial charge in [-0.1, -0.05) is 17.7 Å². The van der Waals surface area contributed by atoms with E-state index in [1.807, 2.05) is 6.07 Å². The fourth-order valence-corrected chi connectivity index (χ4v) is 4.10. The number of aryl methyl sites for hydroxylation is 2. The molecule has 33 heavy (non-hydrogen) atoms. The Balaban J connectivity index is 1.42. The lowest BCUT2D eigenvalue weighted by molar-refractivity contribution is -0.119. The Bertz CT molecular complexity index is 1440. The average molecular weight is 465 g/mol. The molecule has 1 aromatic carbocycles. The van der Waals surface area contributed by atoms with Crippen molar-refractivity contribution >= 4 is 28.8 Å². The third-order valence-electron chi connectivity index (χ3n) is 5.75. The van der Waals surface area contributed by atoms with Gasteiger partial charge in [0.2, 0.25) is 11.8 Å². The fourth-order valence-electron chi connectivity index (χ4n) is 3.93. The maximum absolute atomic E-state index is 13.0. The van der Waals surface area contributed by atoms with Crippen LogP contribution < -0.4 is 15.6 Å². The number of carbonyl (C=O) groups excluding carboxylic acids is 1. The number of amides is 1. The molecule has 1 atom stereocenters. The van der Waals surface area contributed by atoms with Crippen LogP contribution in [-0.4, -0.2) is 37.4 Å². The summed E-state index contributed by atoms with van der Waals surface area (Å²) in [6.07, 6.45) is 4.41. The van der Waals surface area contributed by atoms with Crippen LogP contribution in [0.15, 0.2) is 47.4 Å². The minimum atomic E-state index is -0.796. The third kappa shape index (κ3) is 3.95. The average Bonchev–Trinajstić information content (AvgIpc) is 3.45. The number of methoxy groups -OCH3 is 1. The summed E-state index contributed by atoms with van der Waals surface area (Å²) >= 11 is 6.35. The monoisotopic (exact) mass is 464 g/mol. The lowest BCUT2D eigenvalue weighted by Crippen LogP contribution is -2.34. The quantitative estimate of drug-likeness (QED) is 0.486. The van der Waals surface area contributed by atoms with E-state index >= 15 is 0 Å². The molecule has 3 aromatic heterocycles. The topological polar surface area (TPSA) is 103 Å². The largest absolute Gasteiger partial charge is 0.480 e. The maximum atomic E-state index is 13.0. The second kappa shape index (κ2) is 8.32. The molecular formula is C23H21ClN6O3. The van der Waals surface area contributed by atoms with Crippen molar-refractivity contribution < 1.29 is 9.53 Å². The Morgan fingerprint density at radius 1 is 1.18 bits per heavy atom. The predicted octanol–water partition coefficient (Wildman–Crippen LogP) is 3.30. The molecule has 0 saturated heterocycles. The van der Waals surface area contributed by atoms with E-state index in [4.69, 9.17) is 16.3 Å². The third-order valence-corrected chi connectivity index (χ3v) is 6.08. The smallest absolute Gasteiger partial charge is 0.267 e. The summed E-state index contributed by atoms with van der Waals surface area (Å²) in [5.74, 6) is 0.0860. The van der Waals surface area contributed by atoms with Crippen LogP contribution in [0.4, 0.5) is 5.69 Å². The van der Waals surface area contributed by atoms with Gasteiger partial charge in [-0.25, -0.2) is 14.2 Å². The molecule has 0 spiro atoms. The van der Waals surface area contributed by atoms with Gasteiger partial charge in [0.15, 0.2) is 5.65 Å². The lowest BCUT2D eigenvalue weighted by atomic mass is 10.1. The molecule has 1 aliphatic rings. The molecule has 9 nitrogen and oxygen atoms in total. The number of anilines is 1. The first-order chi connectivity index (χ1) is 15.9. The Hall–Kier alpha value is -3.72. The Morgan fingerprint density at radius 2 is 2.03 bits per heavy atom. The number of ether oxygens (including phenoxy) is 1. The number of fused-ring (bicyclic) bond motifs is 2. The van der Waals surface area contributed by atoms with Crippen LogP contribution in [0.2, 0.25) is 5.02 Å². The summed E-state index contributed by atoms with van der Waals surface area (Å²) in [4.78, 5) is 30.0. The van der Waals surface area contributed by atoms with Gasteiger partial charge in [-0.15, -0.1) is 5.10 Å². The van der Waals surface area contributed by atoms with E-state index in [2.05, 4.69) is 20.5 Å². The van der Waals surface area contributed by atoms with Crippen molar-refractivity contribution in [2.75, 3.05) is 12.4 Å². The Labute approximate surface area is 194 Å². The summed E-state index contributed by atoms with van der Waals surface area (Å²) in [6.45, 7) is 1.64. The number of hydrogen-bond donors (Lipinski definition) is 1. The molecule has 0 saturated carbocycles. The van der Waals surface area contributed by atoms with Crippen LogP contribution >= 0.6 is 11.6 Å². The summed E-state index contributed by atoms with van der Waals surface area (Å²) in [5, 5.41) is 11.9. The van der Waals surface area contributed by atoms with Crippen molar-refractivity contribution in [1.82, 2.24) is 24.4 Å². The van der Waals surface area contributed by atoms with E-state index in [9.17, 15) is 9.59 Å². The van der Waals surface area contributed by atoms with Gasteiger partial charge in [0, 0.05) is 17.7 Å². The maximum Gasteiger partial charge on any atom is 0.267 e. The van der Waals surface area contributed by atoms with E-state index in [-0.39, 0.29) is 11.5 Å². The SMILES string of the molecule is COc1ccc2nc(-c3ccc(Cl)c(NC(=O)C(C)n4nc5c(cc4=O)CCC5)c3)cn2n1. The van der Waals surface area contributed by atoms with Gasteiger partial charge in [0.1, 0.15) is 6.04 Å². The van der Waals surface area contributed by atoms with Gasteiger partial charge >= 0.3 is 0 Å². The lowest BCUT2D eigenvalue weighted by Gasteiger charge is -2.16. The van der Waals surface area contributed by atoms with Crippen molar-refractivity contribution in [1.29, 1.82) is 0 Å². The van der Waals surface area contributed by atoms with E-state index in [1.54, 1.807) is 55.1 Å². The standard InChI is InChI=1S/C23H21ClN6O3/c1-13(30-22(31)11-14-4-3-5-17(14)27-30)23(32)26-18-10-15(6-7-16(18)24)19-12-29-20(25-19)8-9-21(28-29)33-2/h6-13H,3-5H2,1-2H3,(H,26,32). The van der Waals surface area contributed by atoms with Crippen LogP contribution in [0.1, 0.15) is 30.6 Å². The van der Waals surface area contributed by atoms with Gasteiger partial charge in [0.25, 0.3) is 5.56 Å². The first-order valence-corrected chi connectivity index (χ1v) is 10.9. The molecule has 1 N–H and O–H groups in total. The number of aromatic nitrogens is 5. The fraction of sp³-hybridized carbons (Fsp3) is 0.261. The predicted molar refractivity (Wildman–Crippen MR) is 124 cm³/mol. The number of hydrogen-bond acceptors (Lipinski definition) is 6. The molecule has 5 rings (SSSR count). The molecular weight excluding hydrogens is 444 g/mol. The molecule has 0 aliphatic heterocycles. The first kappa shape index (κ1) is 21.1. The van der Waals surface area contributed by atoms with Crippen molar-refractivity contribution in [2.45, 2.75) is 32.2 Å². The molecule has 0 bridgehead atoms. The van der Waals surface area contributed by atoms with Gasteiger partial charge in [-0.2, -0.15) is 5.10 Å². The molecule has 1 amide bonds. The van der Waals surface area contributed by atoms with Crippen LogP contribution in [0.3, 0.4) is 0 Å². The van der Waals surface area contributed by atoms with Crippen molar-refractivity contribution in [3.05, 3.63) is 69.2 Å². The minimum absolute atomic E-state index is 0.286. The van der Waals surface area contributed by atoms with Crippen LogP contribution in [0.5, 0.6) is 5.88 Å². The highest BCUT2D eigenvalue weighted by Gasteiger charge is 2.22. The van der Waals surface area contributed by atoms with Gasteiger partial charge in [0.05, 0.1) is 35.4 Å². The van der Waals surface area contributed by atoms with Gasteiger partial charge in [-0.3, -0.25) is 9.59 Å². The molecule has 168 valence electrons. The number of halogens is 1. The number of rotatable bonds is 5. The molecule has 0 fully saturated rings. The number of imidazole rings is 1. The Morgan fingerprint density at radius 3 is 2.85 bits per heavy atom. The molecule has 1 unspecified atom stereocenters. The second-order valence-corrected chi connectivity index (χ2v) is 8.32. The van der Waals surface area contributed by atoms with Crippen molar-refractivity contribution in [3.63, 3.8) is 0 Å². The molecule has 4 aromatic rings. The van der Waals surface area contributed by atoms with Gasteiger partial charge in [-0.05, 0) is 49.9 Å². The summed E-state index contributed by atoms with van der Waals surface area (Å²) in [5.41, 5.74) is 4.05. The number of nitrogens with one attached hydrogen (secondary N) is 1. The number of nitrogens with zero attached hydrogens (tertiary/aromatic N) is 5. The number of carbonyl (C=O) groups is 1. The zero-order chi connectivity index (χ0) is 23.1. The van der Waals surface area contributed by atoms with E-state index in [1.165, 1.54) is 4.68 Å². The highest BCUT2D eigenvalue weighted by Crippen LogP contribution is 2.29. The highest BCUT2D eigenvalue weighted by atomic mass is 35.5. The zero-order valence-electron chi connectivity index (χ0n) is 18.1. The van der Waals surface area contributed by atoms with Crippen LogP contribution in [0.25, 0.3) is 16.9 Å². The second-order valence-electron chi connectivity index (χ2n) is 7.92. The minimum Gasteiger partial charge on any atom is -0.480 e. The van der Waals surface area contributed by atoms with Crippen LogP contribution in [-0.2, 0) is 17.6 Å². The Kier molecular flexibility index (Phi) is 5.33. The molecule has 1 aliphatic carbocycles. The van der Waals surface area contributed by atoms with Gasteiger partial charge < -0.3 is 10.1 Å². The highest BCUT2D eigenvalue weighted by molar-refractivity contribution is 6.33. The van der Waals surface area contributed by atoms with Crippen molar-refractivity contribution in [2.24, 2.45) is 0 Å². The summed E-state index contributed by atoms with van der Waals surface area (Å²) in [7, 11) is 1.55. The first-order valence-electron chi connectivity index (χ1n) is 10.6. The summed E-state index contributed by atoms with van der Waals surface area (Å²) in [6, 6.07) is 9.56. The summed E-state index contributed by atoms with van der Waals surface area (Å²) < 4.78 is 8.01. The normalized spacial score (nSPS) is 13.7. The number of benzene rings is 1.